The van der Waals surface area contributed by atoms with E-state index in [0.717, 1.165) is 30.1 Å². The average molecular weight is 364 g/mol. The lowest BCUT2D eigenvalue weighted by Crippen LogP contribution is -2.48. The average Bonchev–Trinajstić information content (AvgIpc) is 3.28. The van der Waals surface area contributed by atoms with Crippen molar-refractivity contribution in [2.45, 2.75) is 0 Å². The zero-order valence-corrected chi connectivity index (χ0v) is 15.0. The summed E-state index contributed by atoms with van der Waals surface area (Å²) in [5.41, 5.74) is 2.57. The standard InChI is InChI=1S/C20H20N4O3/c1-26-18-4-2-3-17(13-18)23-9-11-24(12-10-23)20(25)16-7-5-15(6-8-16)19-22-21-14-27-19/h2-8,13-14H,9-12H2,1H3. The Labute approximate surface area is 157 Å². The molecule has 4 rings (SSSR count). The Bertz CT molecular complexity index is 901. The second-order valence-corrected chi connectivity index (χ2v) is 6.30. The number of aromatic nitrogens is 2. The third kappa shape index (κ3) is 3.62. The summed E-state index contributed by atoms with van der Waals surface area (Å²) in [5.74, 6) is 1.32. The summed E-state index contributed by atoms with van der Waals surface area (Å²) < 4.78 is 10.5. The summed E-state index contributed by atoms with van der Waals surface area (Å²) in [7, 11) is 1.67. The fraction of sp³-hybridized carbons (Fsp3) is 0.250. The van der Waals surface area contributed by atoms with E-state index in [1.54, 1.807) is 19.2 Å². The molecule has 1 aromatic heterocycles. The largest absolute Gasteiger partial charge is 0.497 e. The first-order valence-electron chi connectivity index (χ1n) is 8.79. The van der Waals surface area contributed by atoms with Gasteiger partial charge in [-0.25, -0.2) is 0 Å². The Hall–Kier alpha value is -3.35. The first-order valence-corrected chi connectivity index (χ1v) is 8.79. The summed E-state index contributed by atoms with van der Waals surface area (Å²) in [6, 6.07) is 15.3. The quantitative estimate of drug-likeness (QED) is 0.709. The Morgan fingerprint density at radius 1 is 1.07 bits per heavy atom. The molecule has 0 atom stereocenters. The number of hydrogen-bond donors (Lipinski definition) is 0. The molecule has 0 N–H and O–H groups in total. The Morgan fingerprint density at radius 2 is 1.85 bits per heavy atom. The van der Waals surface area contributed by atoms with Gasteiger partial charge in [0.05, 0.1) is 7.11 Å². The van der Waals surface area contributed by atoms with E-state index in [-0.39, 0.29) is 5.91 Å². The van der Waals surface area contributed by atoms with Crippen LogP contribution in [-0.2, 0) is 0 Å². The van der Waals surface area contributed by atoms with Crippen molar-refractivity contribution in [3.8, 4) is 17.2 Å². The lowest BCUT2D eigenvalue weighted by molar-refractivity contribution is 0.0747. The van der Waals surface area contributed by atoms with E-state index in [0.29, 0.717) is 24.5 Å². The number of carbonyl (C=O) groups is 1. The van der Waals surface area contributed by atoms with E-state index in [1.807, 2.05) is 35.2 Å². The molecule has 0 radical (unpaired) electrons. The molecule has 2 aromatic carbocycles. The first kappa shape index (κ1) is 17.1. The maximum atomic E-state index is 12.8. The van der Waals surface area contributed by atoms with E-state index in [9.17, 15) is 4.79 Å². The topological polar surface area (TPSA) is 71.7 Å². The number of piperazine rings is 1. The van der Waals surface area contributed by atoms with E-state index in [1.165, 1.54) is 6.39 Å². The molecule has 1 fully saturated rings. The molecular weight excluding hydrogens is 344 g/mol. The molecule has 0 bridgehead atoms. The van der Waals surface area contributed by atoms with Crippen LogP contribution >= 0.6 is 0 Å². The molecule has 7 nitrogen and oxygen atoms in total. The third-order valence-electron chi connectivity index (χ3n) is 4.72. The van der Waals surface area contributed by atoms with Crippen molar-refractivity contribution in [3.63, 3.8) is 0 Å². The summed E-state index contributed by atoms with van der Waals surface area (Å²) >= 11 is 0. The molecule has 0 aliphatic carbocycles. The fourth-order valence-corrected chi connectivity index (χ4v) is 3.21. The van der Waals surface area contributed by atoms with Crippen molar-refractivity contribution in [3.05, 3.63) is 60.5 Å². The van der Waals surface area contributed by atoms with Crippen molar-refractivity contribution >= 4 is 11.6 Å². The van der Waals surface area contributed by atoms with Crippen LogP contribution in [0.1, 0.15) is 10.4 Å². The van der Waals surface area contributed by atoms with Gasteiger partial charge in [-0.3, -0.25) is 4.79 Å². The first-order chi connectivity index (χ1) is 13.2. The maximum Gasteiger partial charge on any atom is 0.253 e. The maximum absolute atomic E-state index is 12.8. The van der Waals surface area contributed by atoms with Crippen LogP contribution in [0.2, 0.25) is 0 Å². The lowest BCUT2D eigenvalue weighted by Gasteiger charge is -2.36. The van der Waals surface area contributed by atoms with E-state index in [4.69, 9.17) is 9.15 Å². The second-order valence-electron chi connectivity index (χ2n) is 6.30. The number of methoxy groups -OCH3 is 1. The number of carbonyl (C=O) groups excluding carboxylic acids is 1. The highest BCUT2D eigenvalue weighted by Gasteiger charge is 2.22. The van der Waals surface area contributed by atoms with Crippen molar-refractivity contribution in [1.82, 2.24) is 15.1 Å². The van der Waals surface area contributed by atoms with Crippen LogP contribution < -0.4 is 9.64 Å². The molecule has 1 aliphatic rings. The molecule has 2 heterocycles. The number of hydrogen-bond acceptors (Lipinski definition) is 6. The van der Waals surface area contributed by atoms with Gasteiger partial charge in [-0.15, -0.1) is 10.2 Å². The predicted octanol–water partition coefficient (Wildman–Crippen LogP) is 2.71. The van der Waals surface area contributed by atoms with Crippen LogP contribution in [0.4, 0.5) is 5.69 Å². The molecule has 1 aliphatic heterocycles. The van der Waals surface area contributed by atoms with Gasteiger partial charge in [0.15, 0.2) is 0 Å². The predicted molar refractivity (Wildman–Crippen MR) is 101 cm³/mol. The fourth-order valence-electron chi connectivity index (χ4n) is 3.21. The highest BCUT2D eigenvalue weighted by Crippen LogP contribution is 2.23. The normalized spacial score (nSPS) is 14.3. The summed E-state index contributed by atoms with van der Waals surface area (Å²) in [6.07, 6.45) is 1.29. The Morgan fingerprint density at radius 3 is 2.52 bits per heavy atom. The number of anilines is 1. The van der Waals surface area contributed by atoms with Gasteiger partial charge in [0.1, 0.15) is 5.75 Å². The van der Waals surface area contributed by atoms with Crippen LogP contribution in [0, 0.1) is 0 Å². The third-order valence-corrected chi connectivity index (χ3v) is 4.72. The number of rotatable bonds is 4. The molecule has 138 valence electrons. The van der Waals surface area contributed by atoms with Crippen molar-refractivity contribution in [1.29, 1.82) is 0 Å². The second kappa shape index (κ2) is 7.49. The molecule has 0 unspecified atom stereocenters. The van der Waals surface area contributed by atoms with E-state index >= 15 is 0 Å². The molecule has 1 amide bonds. The summed E-state index contributed by atoms with van der Waals surface area (Å²) in [4.78, 5) is 16.9. The number of benzene rings is 2. The van der Waals surface area contributed by atoms with Gasteiger partial charge in [-0.1, -0.05) is 6.07 Å². The highest BCUT2D eigenvalue weighted by molar-refractivity contribution is 5.94. The lowest BCUT2D eigenvalue weighted by atomic mass is 10.1. The van der Waals surface area contributed by atoms with Crippen molar-refractivity contribution in [2.75, 3.05) is 38.2 Å². The van der Waals surface area contributed by atoms with E-state index in [2.05, 4.69) is 21.2 Å². The van der Waals surface area contributed by atoms with Crippen LogP contribution in [0.5, 0.6) is 5.75 Å². The van der Waals surface area contributed by atoms with Gasteiger partial charge in [0.2, 0.25) is 12.3 Å². The molecular formula is C20H20N4O3. The SMILES string of the molecule is COc1cccc(N2CCN(C(=O)c3ccc(-c4nnco4)cc3)CC2)c1. The van der Waals surface area contributed by atoms with Crippen LogP contribution in [0.3, 0.4) is 0 Å². The number of ether oxygens (including phenoxy) is 1. The molecule has 0 spiro atoms. The molecule has 0 saturated carbocycles. The summed E-state index contributed by atoms with van der Waals surface area (Å²) in [5, 5.41) is 7.54. The minimum Gasteiger partial charge on any atom is -0.497 e. The monoisotopic (exact) mass is 364 g/mol. The van der Waals surface area contributed by atoms with Gasteiger partial charge in [0, 0.05) is 49.1 Å². The molecule has 3 aromatic rings. The summed E-state index contributed by atoms with van der Waals surface area (Å²) in [6.45, 7) is 2.95. The molecule has 1 saturated heterocycles. The van der Waals surface area contributed by atoms with Crippen molar-refractivity contribution < 1.29 is 13.9 Å². The van der Waals surface area contributed by atoms with Gasteiger partial charge in [-0.05, 0) is 36.4 Å². The van der Waals surface area contributed by atoms with Gasteiger partial charge < -0.3 is 19.0 Å². The Balaban J connectivity index is 1.39. The number of amides is 1. The zero-order chi connectivity index (χ0) is 18.6. The molecule has 7 heteroatoms. The van der Waals surface area contributed by atoms with Crippen LogP contribution in [-0.4, -0.2) is 54.3 Å². The van der Waals surface area contributed by atoms with E-state index < -0.39 is 0 Å². The minimum absolute atomic E-state index is 0.0392. The van der Waals surface area contributed by atoms with Crippen LogP contribution in [0.25, 0.3) is 11.5 Å². The molecule has 27 heavy (non-hydrogen) atoms. The Kier molecular flexibility index (Phi) is 4.74. The number of nitrogens with zero attached hydrogens (tertiary/aromatic N) is 4. The van der Waals surface area contributed by atoms with Gasteiger partial charge in [0.25, 0.3) is 5.91 Å². The smallest absolute Gasteiger partial charge is 0.253 e. The highest BCUT2D eigenvalue weighted by atomic mass is 16.5. The van der Waals surface area contributed by atoms with Gasteiger partial charge >= 0.3 is 0 Å². The van der Waals surface area contributed by atoms with Crippen molar-refractivity contribution in [2.24, 2.45) is 0 Å². The minimum atomic E-state index is 0.0392. The van der Waals surface area contributed by atoms with Gasteiger partial charge in [-0.2, -0.15) is 0 Å². The zero-order valence-electron chi connectivity index (χ0n) is 15.0. The van der Waals surface area contributed by atoms with Crippen LogP contribution in [0.15, 0.2) is 59.3 Å².